The van der Waals surface area contributed by atoms with Gasteiger partial charge in [-0.15, -0.1) is 0 Å². The molecule has 0 radical (unpaired) electrons. The van der Waals surface area contributed by atoms with Gasteiger partial charge in [0.1, 0.15) is 23.9 Å². The summed E-state index contributed by atoms with van der Waals surface area (Å²) in [5.74, 6) is -2.89. The highest BCUT2D eigenvalue weighted by Crippen LogP contribution is 2.24. The number of hydrogen-bond donors (Lipinski definition) is 0. The van der Waals surface area contributed by atoms with E-state index in [2.05, 4.69) is 0 Å². The molecule has 29 heavy (non-hydrogen) atoms. The van der Waals surface area contributed by atoms with Crippen LogP contribution in [-0.2, 0) is 16.1 Å². The van der Waals surface area contributed by atoms with Crippen LogP contribution in [0.5, 0.6) is 0 Å². The van der Waals surface area contributed by atoms with Gasteiger partial charge in [-0.05, 0) is 29.8 Å². The number of halogens is 2. The lowest BCUT2D eigenvalue weighted by Crippen LogP contribution is -2.43. The Morgan fingerprint density at radius 3 is 1.86 bits per heavy atom. The number of carbonyl (C=O) groups excluding carboxylic acids is 2. The number of benzene rings is 3. The van der Waals surface area contributed by atoms with Crippen molar-refractivity contribution in [3.63, 3.8) is 0 Å². The molecular formula is C23H20F2N2O2. The lowest BCUT2D eigenvalue weighted by Gasteiger charge is -2.27. The van der Waals surface area contributed by atoms with Gasteiger partial charge in [-0.2, -0.15) is 0 Å². The first kappa shape index (κ1) is 20.2. The van der Waals surface area contributed by atoms with E-state index in [1.165, 1.54) is 17.9 Å². The van der Waals surface area contributed by atoms with Gasteiger partial charge in [0.25, 0.3) is 0 Å². The fourth-order valence-electron chi connectivity index (χ4n) is 3.01. The molecule has 2 amide bonds. The molecule has 0 spiro atoms. The van der Waals surface area contributed by atoms with Gasteiger partial charge in [-0.1, -0.05) is 54.6 Å². The van der Waals surface area contributed by atoms with Crippen LogP contribution in [0.25, 0.3) is 0 Å². The largest absolute Gasteiger partial charge is 0.306 e. The van der Waals surface area contributed by atoms with Gasteiger partial charge < -0.3 is 4.90 Å². The van der Waals surface area contributed by atoms with Crippen molar-refractivity contribution in [3.8, 4) is 0 Å². The molecule has 0 unspecified atom stereocenters. The molecule has 4 nitrogen and oxygen atoms in total. The molecule has 0 N–H and O–H groups in total. The number of carbonyl (C=O) groups is 2. The van der Waals surface area contributed by atoms with E-state index in [0.717, 1.165) is 22.6 Å². The summed E-state index contributed by atoms with van der Waals surface area (Å²) in [5, 5.41) is 0. The maximum absolute atomic E-state index is 14.2. The second-order valence-corrected chi connectivity index (χ2v) is 6.48. The summed E-state index contributed by atoms with van der Waals surface area (Å²) in [6, 6.07) is 21.6. The third kappa shape index (κ3) is 4.85. The van der Waals surface area contributed by atoms with E-state index in [-0.39, 0.29) is 6.54 Å². The molecule has 0 fully saturated rings. The van der Waals surface area contributed by atoms with E-state index in [4.69, 9.17) is 0 Å². The fourth-order valence-corrected chi connectivity index (χ4v) is 3.01. The predicted octanol–water partition coefficient (Wildman–Crippen LogP) is 4.55. The SMILES string of the molecule is CC(=O)N(CC(=O)N(Cc1ccccc1)c1ccccc1)c1c(F)cccc1F. The molecule has 0 saturated carbocycles. The Balaban J connectivity index is 1.93. The standard InChI is InChI=1S/C23H20F2N2O2/c1-17(28)26(23-20(24)13-8-14-21(23)25)16-22(29)27(19-11-6-3-7-12-19)15-18-9-4-2-5-10-18/h2-14H,15-16H2,1H3. The lowest BCUT2D eigenvalue weighted by atomic mass is 10.2. The van der Waals surface area contributed by atoms with Gasteiger partial charge in [0.2, 0.25) is 11.8 Å². The Morgan fingerprint density at radius 1 is 0.759 bits per heavy atom. The van der Waals surface area contributed by atoms with Crippen molar-refractivity contribution in [2.75, 3.05) is 16.3 Å². The molecule has 148 valence electrons. The maximum atomic E-state index is 14.2. The number of anilines is 2. The van der Waals surface area contributed by atoms with Crippen LogP contribution in [0.1, 0.15) is 12.5 Å². The highest BCUT2D eigenvalue weighted by atomic mass is 19.1. The topological polar surface area (TPSA) is 40.6 Å². The molecule has 3 aromatic rings. The van der Waals surface area contributed by atoms with E-state index >= 15 is 0 Å². The van der Waals surface area contributed by atoms with Crippen LogP contribution in [0, 0.1) is 11.6 Å². The minimum atomic E-state index is -0.901. The molecule has 0 bridgehead atoms. The third-order valence-electron chi connectivity index (χ3n) is 4.43. The number of para-hydroxylation sites is 2. The molecule has 0 aliphatic heterocycles. The Kier molecular flexibility index (Phi) is 6.34. The van der Waals surface area contributed by atoms with Crippen LogP contribution in [0.3, 0.4) is 0 Å². The molecule has 0 aliphatic rings. The zero-order valence-corrected chi connectivity index (χ0v) is 15.9. The van der Waals surface area contributed by atoms with Gasteiger partial charge in [0, 0.05) is 12.6 Å². The van der Waals surface area contributed by atoms with Crippen LogP contribution >= 0.6 is 0 Å². The summed E-state index contributed by atoms with van der Waals surface area (Å²) in [6.45, 7) is 0.938. The number of nitrogens with zero attached hydrogens (tertiary/aromatic N) is 2. The Labute approximate surface area is 168 Å². The monoisotopic (exact) mass is 394 g/mol. The molecule has 0 aliphatic carbocycles. The molecule has 0 atom stereocenters. The molecule has 3 rings (SSSR count). The van der Waals surface area contributed by atoms with Crippen molar-refractivity contribution in [2.24, 2.45) is 0 Å². The first-order valence-electron chi connectivity index (χ1n) is 9.09. The smallest absolute Gasteiger partial charge is 0.247 e. The van der Waals surface area contributed by atoms with Crippen molar-refractivity contribution in [1.29, 1.82) is 0 Å². The minimum absolute atomic E-state index is 0.259. The van der Waals surface area contributed by atoms with E-state index in [1.807, 2.05) is 36.4 Å². The Hall–Kier alpha value is -3.54. The van der Waals surface area contributed by atoms with Crippen molar-refractivity contribution in [2.45, 2.75) is 13.5 Å². The summed E-state index contributed by atoms with van der Waals surface area (Å²) in [6.07, 6.45) is 0. The van der Waals surface area contributed by atoms with E-state index in [9.17, 15) is 18.4 Å². The van der Waals surface area contributed by atoms with Gasteiger partial charge in [-0.25, -0.2) is 8.78 Å². The average molecular weight is 394 g/mol. The van der Waals surface area contributed by atoms with Gasteiger partial charge in [-0.3, -0.25) is 14.5 Å². The van der Waals surface area contributed by atoms with Crippen molar-refractivity contribution in [1.82, 2.24) is 0 Å². The summed E-state index contributed by atoms with van der Waals surface area (Å²) in [4.78, 5) is 27.6. The second-order valence-electron chi connectivity index (χ2n) is 6.48. The molecule has 6 heteroatoms. The third-order valence-corrected chi connectivity index (χ3v) is 4.43. The Morgan fingerprint density at radius 2 is 1.31 bits per heavy atom. The van der Waals surface area contributed by atoms with Crippen LogP contribution in [0.2, 0.25) is 0 Å². The normalized spacial score (nSPS) is 10.4. The second kappa shape index (κ2) is 9.10. The molecule has 0 heterocycles. The van der Waals surface area contributed by atoms with Gasteiger partial charge in [0.05, 0.1) is 6.54 Å². The van der Waals surface area contributed by atoms with E-state index in [0.29, 0.717) is 5.69 Å². The molecule has 0 aromatic heterocycles. The maximum Gasteiger partial charge on any atom is 0.247 e. The summed E-state index contributed by atoms with van der Waals surface area (Å²) in [7, 11) is 0. The fraction of sp³-hybridized carbons (Fsp3) is 0.130. The summed E-state index contributed by atoms with van der Waals surface area (Å²) >= 11 is 0. The highest BCUT2D eigenvalue weighted by molar-refractivity contribution is 6.03. The van der Waals surface area contributed by atoms with E-state index in [1.54, 1.807) is 24.3 Å². The van der Waals surface area contributed by atoms with Crippen LogP contribution < -0.4 is 9.80 Å². The zero-order chi connectivity index (χ0) is 20.8. The van der Waals surface area contributed by atoms with Crippen LogP contribution in [0.15, 0.2) is 78.9 Å². The van der Waals surface area contributed by atoms with Crippen molar-refractivity contribution >= 4 is 23.2 Å². The highest BCUT2D eigenvalue weighted by Gasteiger charge is 2.26. The van der Waals surface area contributed by atoms with Crippen LogP contribution in [-0.4, -0.2) is 18.4 Å². The first-order chi connectivity index (χ1) is 14.0. The molecule has 3 aromatic carbocycles. The number of hydrogen-bond acceptors (Lipinski definition) is 2. The average Bonchev–Trinajstić information content (AvgIpc) is 2.72. The summed E-state index contributed by atoms with van der Waals surface area (Å²) in [5.41, 5.74) is 0.982. The lowest BCUT2D eigenvalue weighted by molar-refractivity contribution is -0.121. The molecule has 0 saturated heterocycles. The predicted molar refractivity (Wildman–Crippen MR) is 108 cm³/mol. The van der Waals surface area contributed by atoms with E-state index < -0.39 is 35.7 Å². The van der Waals surface area contributed by atoms with Crippen molar-refractivity contribution < 1.29 is 18.4 Å². The van der Waals surface area contributed by atoms with Gasteiger partial charge in [0.15, 0.2) is 0 Å². The van der Waals surface area contributed by atoms with Crippen molar-refractivity contribution in [3.05, 3.63) is 96.1 Å². The summed E-state index contributed by atoms with van der Waals surface area (Å²) < 4.78 is 28.4. The Bertz CT molecular complexity index is 974. The minimum Gasteiger partial charge on any atom is -0.306 e. The van der Waals surface area contributed by atoms with Crippen LogP contribution in [0.4, 0.5) is 20.2 Å². The van der Waals surface area contributed by atoms with Gasteiger partial charge >= 0.3 is 0 Å². The number of rotatable bonds is 6. The molecular weight excluding hydrogens is 374 g/mol. The first-order valence-corrected chi connectivity index (χ1v) is 9.09. The number of amides is 2. The zero-order valence-electron chi connectivity index (χ0n) is 15.9. The quantitative estimate of drug-likeness (QED) is 0.615.